The number of carbonyl (C=O) groups excluding carboxylic acids is 1. The molecule has 0 aliphatic carbocycles. The molecule has 23 heavy (non-hydrogen) atoms. The van der Waals surface area contributed by atoms with Gasteiger partial charge in [0.25, 0.3) is 0 Å². The van der Waals surface area contributed by atoms with Crippen molar-refractivity contribution >= 4 is 17.3 Å². The van der Waals surface area contributed by atoms with E-state index in [1.54, 1.807) is 30.6 Å². The Kier molecular flexibility index (Phi) is 4.73. The molecule has 116 valence electrons. The Hall–Kier alpha value is -2.60. The second-order valence-corrected chi connectivity index (χ2v) is 5.67. The predicted octanol–water partition coefficient (Wildman–Crippen LogP) is 3.63. The van der Waals surface area contributed by atoms with E-state index in [9.17, 15) is 9.18 Å². The van der Waals surface area contributed by atoms with Gasteiger partial charge in [-0.05, 0) is 18.2 Å². The molecule has 0 aliphatic rings. The summed E-state index contributed by atoms with van der Waals surface area (Å²) in [6, 6.07) is 9.96. The lowest BCUT2D eigenvalue weighted by Gasteiger charge is -2.04. The van der Waals surface area contributed by atoms with Crippen LogP contribution in [0.4, 0.5) is 4.39 Å². The number of hydrogen-bond acceptors (Lipinski definition) is 5. The molecule has 0 saturated carbocycles. The van der Waals surface area contributed by atoms with Gasteiger partial charge < -0.3 is 4.74 Å². The Labute approximate surface area is 136 Å². The smallest absolute Gasteiger partial charge is 0.312 e. The molecular weight excluding hydrogens is 315 g/mol. The van der Waals surface area contributed by atoms with Crippen molar-refractivity contribution < 1.29 is 13.9 Å². The van der Waals surface area contributed by atoms with Crippen LogP contribution in [0.25, 0.3) is 10.6 Å². The number of aromatic nitrogens is 2. The van der Waals surface area contributed by atoms with Gasteiger partial charge in [0.1, 0.15) is 17.4 Å². The van der Waals surface area contributed by atoms with Crippen LogP contribution in [-0.4, -0.2) is 15.9 Å². The summed E-state index contributed by atoms with van der Waals surface area (Å²) in [7, 11) is 0. The van der Waals surface area contributed by atoms with Gasteiger partial charge in [-0.2, -0.15) is 0 Å². The molecule has 0 unspecified atom stereocenters. The number of benzene rings is 1. The van der Waals surface area contributed by atoms with E-state index in [0.717, 1.165) is 10.6 Å². The van der Waals surface area contributed by atoms with Crippen molar-refractivity contribution in [3.63, 3.8) is 0 Å². The lowest BCUT2D eigenvalue weighted by atomic mass is 10.2. The first kappa shape index (κ1) is 15.3. The summed E-state index contributed by atoms with van der Waals surface area (Å²) in [5, 5.41) is 2.61. The van der Waals surface area contributed by atoms with Crippen LogP contribution in [0, 0.1) is 5.82 Å². The highest BCUT2D eigenvalue weighted by atomic mass is 32.1. The zero-order valence-electron chi connectivity index (χ0n) is 12.1. The van der Waals surface area contributed by atoms with Gasteiger partial charge in [-0.25, -0.2) is 9.37 Å². The van der Waals surface area contributed by atoms with Crippen molar-refractivity contribution in [1.82, 2.24) is 9.97 Å². The highest BCUT2D eigenvalue weighted by Crippen LogP contribution is 2.23. The molecule has 2 heterocycles. The van der Waals surface area contributed by atoms with Crippen molar-refractivity contribution in [2.24, 2.45) is 0 Å². The maximum Gasteiger partial charge on any atom is 0.312 e. The largest absolute Gasteiger partial charge is 0.460 e. The molecule has 3 aromatic rings. The fourth-order valence-corrected chi connectivity index (χ4v) is 2.79. The van der Waals surface area contributed by atoms with Gasteiger partial charge in [0.2, 0.25) is 0 Å². The molecule has 0 fully saturated rings. The van der Waals surface area contributed by atoms with Gasteiger partial charge in [-0.3, -0.25) is 9.78 Å². The van der Waals surface area contributed by atoms with Crippen LogP contribution in [0.1, 0.15) is 11.3 Å². The number of pyridine rings is 1. The number of halogens is 1. The molecule has 0 saturated heterocycles. The van der Waals surface area contributed by atoms with E-state index in [1.807, 2.05) is 17.5 Å². The third kappa shape index (κ3) is 3.98. The number of ether oxygens (including phenoxy) is 1. The lowest BCUT2D eigenvalue weighted by molar-refractivity contribution is -0.144. The summed E-state index contributed by atoms with van der Waals surface area (Å²) in [4.78, 5) is 20.3. The fourth-order valence-electron chi connectivity index (χ4n) is 1.98. The van der Waals surface area contributed by atoms with E-state index in [4.69, 9.17) is 4.74 Å². The van der Waals surface area contributed by atoms with Crippen molar-refractivity contribution in [2.45, 2.75) is 13.0 Å². The first-order valence-electron chi connectivity index (χ1n) is 6.96. The average Bonchev–Trinajstić information content (AvgIpc) is 3.03. The molecule has 1 aromatic carbocycles. The van der Waals surface area contributed by atoms with Gasteiger partial charge >= 0.3 is 5.97 Å². The van der Waals surface area contributed by atoms with E-state index in [0.29, 0.717) is 11.3 Å². The molecule has 0 N–H and O–H groups in total. The van der Waals surface area contributed by atoms with Gasteiger partial charge in [-0.1, -0.05) is 18.2 Å². The van der Waals surface area contributed by atoms with Crippen LogP contribution in [0.2, 0.25) is 0 Å². The van der Waals surface area contributed by atoms with Crippen LogP contribution in [0.15, 0.2) is 54.2 Å². The SMILES string of the molecule is O=C(Cc1csc(-c2cccnc2)n1)OCc1ccccc1F. The number of carbonyl (C=O) groups is 1. The lowest BCUT2D eigenvalue weighted by Crippen LogP contribution is -2.09. The van der Waals surface area contributed by atoms with Crippen LogP contribution < -0.4 is 0 Å². The Morgan fingerprint density at radius 3 is 2.87 bits per heavy atom. The highest BCUT2D eigenvalue weighted by Gasteiger charge is 2.11. The van der Waals surface area contributed by atoms with Gasteiger partial charge in [0.05, 0.1) is 12.1 Å². The zero-order valence-corrected chi connectivity index (χ0v) is 12.9. The fraction of sp³-hybridized carbons (Fsp3) is 0.118. The maximum absolute atomic E-state index is 13.5. The van der Waals surface area contributed by atoms with Crippen LogP contribution in [-0.2, 0) is 22.6 Å². The molecule has 0 atom stereocenters. The summed E-state index contributed by atoms with van der Waals surface area (Å²) in [6.45, 7) is -0.0783. The standard InChI is InChI=1S/C17H13FN2O2S/c18-15-6-2-1-4-13(15)10-22-16(21)8-14-11-23-17(20-14)12-5-3-7-19-9-12/h1-7,9,11H,8,10H2. The third-order valence-corrected chi connectivity index (χ3v) is 4.07. The monoisotopic (exact) mass is 328 g/mol. The number of rotatable bonds is 5. The minimum Gasteiger partial charge on any atom is -0.460 e. The summed E-state index contributed by atoms with van der Waals surface area (Å²) in [6.07, 6.45) is 3.47. The van der Waals surface area contributed by atoms with Gasteiger partial charge in [-0.15, -0.1) is 11.3 Å². The first-order valence-corrected chi connectivity index (χ1v) is 7.84. The van der Waals surface area contributed by atoms with Crippen molar-refractivity contribution in [1.29, 1.82) is 0 Å². The number of hydrogen-bond donors (Lipinski definition) is 0. The molecule has 3 rings (SSSR count). The third-order valence-electron chi connectivity index (χ3n) is 3.13. The average molecular weight is 328 g/mol. The Bertz CT molecular complexity index is 805. The summed E-state index contributed by atoms with van der Waals surface area (Å²) < 4.78 is 18.6. The molecule has 0 aliphatic heterocycles. The number of esters is 1. The molecule has 0 radical (unpaired) electrons. The number of nitrogens with zero attached hydrogens (tertiary/aromatic N) is 2. The van der Waals surface area contributed by atoms with Crippen molar-refractivity contribution in [3.8, 4) is 10.6 Å². The molecule has 6 heteroatoms. The minimum absolute atomic E-state index is 0.0607. The molecule has 0 spiro atoms. The second-order valence-electron chi connectivity index (χ2n) is 4.81. The van der Waals surface area contributed by atoms with Gasteiger partial charge in [0.15, 0.2) is 0 Å². The molecule has 2 aromatic heterocycles. The van der Waals surface area contributed by atoms with Crippen molar-refractivity contribution in [2.75, 3.05) is 0 Å². The predicted molar refractivity (Wildman–Crippen MR) is 85.2 cm³/mol. The normalized spacial score (nSPS) is 10.5. The van der Waals surface area contributed by atoms with E-state index in [-0.39, 0.29) is 18.8 Å². The maximum atomic E-state index is 13.5. The van der Waals surface area contributed by atoms with E-state index in [1.165, 1.54) is 17.4 Å². The topological polar surface area (TPSA) is 52.1 Å². The van der Waals surface area contributed by atoms with Crippen LogP contribution in [0.5, 0.6) is 0 Å². The molecule has 0 amide bonds. The minimum atomic E-state index is -0.434. The summed E-state index contributed by atoms with van der Waals surface area (Å²) in [5.74, 6) is -0.816. The summed E-state index contributed by atoms with van der Waals surface area (Å²) >= 11 is 1.44. The first-order chi connectivity index (χ1) is 11.2. The Balaban J connectivity index is 1.58. The summed E-state index contributed by atoms with van der Waals surface area (Å²) in [5.41, 5.74) is 1.89. The zero-order chi connectivity index (χ0) is 16.1. The van der Waals surface area contributed by atoms with Crippen molar-refractivity contribution in [3.05, 3.63) is 71.2 Å². The van der Waals surface area contributed by atoms with E-state index < -0.39 is 5.97 Å². The number of thiazole rings is 1. The molecular formula is C17H13FN2O2S. The van der Waals surface area contributed by atoms with Gasteiger partial charge in [0, 0.05) is 28.9 Å². The van der Waals surface area contributed by atoms with E-state index in [2.05, 4.69) is 9.97 Å². The molecule has 0 bridgehead atoms. The second kappa shape index (κ2) is 7.11. The van der Waals surface area contributed by atoms with Crippen LogP contribution in [0.3, 0.4) is 0 Å². The van der Waals surface area contributed by atoms with Crippen LogP contribution >= 0.6 is 11.3 Å². The van der Waals surface area contributed by atoms with E-state index >= 15 is 0 Å². The Morgan fingerprint density at radius 1 is 1.22 bits per heavy atom. The highest BCUT2D eigenvalue weighted by molar-refractivity contribution is 7.13. The quantitative estimate of drug-likeness (QED) is 0.671. The Morgan fingerprint density at radius 2 is 2.09 bits per heavy atom. The molecule has 4 nitrogen and oxygen atoms in total.